The molecule has 0 fully saturated rings. The largest absolute Gasteiger partial charge is 0.312 e. The van der Waals surface area contributed by atoms with Gasteiger partial charge in [0.25, 0.3) is 0 Å². The Balaban J connectivity index is 3.64. The lowest BCUT2D eigenvalue weighted by atomic mass is 10.8. The van der Waals surface area contributed by atoms with E-state index in [0.29, 0.717) is 0 Å². The van der Waals surface area contributed by atoms with Gasteiger partial charge in [-0.1, -0.05) is 22.6 Å². The summed E-state index contributed by atoms with van der Waals surface area (Å²) in [5, 5.41) is 0. The second-order valence-electron chi connectivity index (χ2n) is 1.32. The summed E-state index contributed by atoms with van der Waals surface area (Å²) in [6.45, 7) is 1.94. The Labute approximate surface area is 67.4 Å². The van der Waals surface area contributed by atoms with Crippen LogP contribution in [0, 0.1) is 0 Å². The first kappa shape index (κ1) is 9.06. The third-order valence-electron chi connectivity index (χ3n) is 0.638. The van der Waals surface area contributed by atoms with Crippen molar-refractivity contribution >= 4 is 46.9 Å². The van der Waals surface area contributed by atoms with Crippen LogP contribution < -0.4 is 0 Å². The molecule has 0 aromatic heterocycles. The molecule has 0 saturated heterocycles. The highest BCUT2D eigenvalue weighted by Crippen LogP contribution is 2.15. The first-order valence-electron chi connectivity index (χ1n) is 2.03. The maximum atomic E-state index is 10.4. The minimum atomic E-state index is -0.00287. The van der Waals surface area contributed by atoms with Gasteiger partial charge in [-0.15, -0.1) is 0 Å². The first-order chi connectivity index (χ1) is 3.55. The number of halogens is 1. The smallest absolute Gasteiger partial charge is 0.241 e. The van der Waals surface area contributed by atoms with E-state index in [1.807, 2.05) is 6.92 Å². The van der Waals surface area contributed by atoms with Gasteiger partial charge in [0, 0.05) is 0 Å². The Bertz CT molecular complexity index is 97.3. The van der Waals surface area contributed by atoms with Gasteiger partial charge in [0.15, 0.2) is 0 Å². The van der Waals surface area contributed by atoms with E-state index in [1.54, 1.807) is 4.67 Å². The molecule has 0 aromatic carbocycles. The summed E-state index contributed by atoms with van der Waals surface area (Å²) in [5.41, 5.74) is -0.00287. The van der Waals surface area contributed by atoms with Gasteiger partial charge in [-0.3, -0.25) is 4.79 Å². The molecule has 3 unspecified atom stereocenters. The molecule has 0 bridgehead atoms. The minimum Gasteiger partial charge on any atom is -0.312 e. The van der Waals surface area contributed by atoms with Crippen LogP contribution in [0.25, 0.3) is 0 Å². The lowest BCUT2D eigenvalue weighted by molar-refractivity contribution is 0.248. The third-order valence-corrected chi connectivity index (χ3v) is 3.14. The van der Waals surface area contributed by atoms with Crippen molar-refractivity contribution in [2.24, 2.45) is 0 Å². The van der Waals surface area contributed by atoms with Crippen molar-refractivity contribution in [3.05, 3.63) is 0 Å². The van der Waals surface area contributed by atoms with Gasteiger partial charge in [0.2, 0.25) is 5.65 Å². The normalized spacial score (nSPS) is 13.0. The molecular weight excluding hydrogens is 255 g/mol. The van der Waals surface area contributed by atoms with Crippen LogP contribution in [-0.4, -0.2) is 14.4 Å². The van der Waals surface area contributed by atoms with Crippen LogP contribution in [0.3, 0.4) is 0 Å². The fourth-order valence-electron chi connectivity index (χ4n) is 0.175. The van der Waals surface area contributed by atoms with Gasteiger partial charge >= 0.3 is 0 Å². The number of nitrogens with zero attached hydrogens (tertiary/aromatic N) is 1. The van der Waals surface area contributed by atoms with Gasteiger partial charge in [0.05, 0.1) is 4.05 Å². The average molecular weight is 263 g/mol. The minimum absolute atomic E-state index is 0.00287. The van der Waals surface area contributed by atoms with Crippen LogP contribution >= 0.6 is 41.2 Å². The summed E-state index contributed by atoms with van der Waals surface area (Å²) in [5.74, 6) is 0. The van der Waals surface area contributed by atoms with Gasteiger partial charge in [-0.2, -0.15) is 0 Å². The molecule has 0 rings (SSSR count). The van der Waals surface area contributed by atoms with E-state index in [0.717, 1.165) is 0 Å². The zero-order valence-corrected chi connectivity index (χ0v) is 8.93. The molecule has 0 spiro atoms. The van der Waals surface area contributed by atoms with Gasteiger partial charge in [0.1, 0.15) is 0 Å². The molecule has 8 heavy (non-hydrogen) atoms. The lowest BCUT2D eigenvalue weighted by Crippen LogP contribution is -2.18. The van der Waals surface area contributed by atoms with Crippen molar-refractivity contribution in [1.82, 2.24) is 4.67 Å². The predicted molar refractivity (Wildman–Crippen MR) is 50.1 cm³/mol. The van der Waals surface area contributed by atoms with Crippen molar-refractivity contribution in [3.63, 3.8) is 0 Å². The molecule has 3 atom stereocenters. The average Bonchev–Trinajstić information content (AvgIpc) is 1.64. The highest BCUT2D eigenvalue weighted by atomic mass is 127. The number of carbonyl (C=O) groups excluding carboxylic acids is 1. The predicted octanol–water partition coefficient (Wildman–Crippen LogP) is 1.85. The quantitative estimate of drug-likeness (QED) is 0.306. The molecule has 0 aliphatic heterocycles. The van der Waals surface area contributed by atoms with E-state index in [9.17, 15) is 4.79 Å². The number of carbonyl (C=O) groups is 1. The fourth-order valence-corrected chi connectivity index (χ4v) is 0.977. The first-order valence-corrected chi connectivity index (χ1v) is 4.37. The summed E-state index contributed by atoms with van der Waals surface area (Å²) in [6.07, 6.45) is 0. The van der Waals surface area contributed by atoms with Crippen LogP contribution in [0.4, 0.5) is 4.79 Å². The molecule has 0 aromatic rings. The molecule has 1 amide bonds. The molecule has 0 radical (unpaired) electrons. The van der Waals surface area contributed by atoms with Crippen LogP contribution in [0.15, 0.2) is 0 Å². The monoisotopic (exact) mass is 263 g/mol. The zero-order chi connectivity index (χ0) is 6.73. The Morgan fingerprint density at radius 1 is 1.88 bits per heavy atom. The molecule has 5 heteroatoms. The van der Waals surface area contributed by atoms with Gasteiger partial charge in [-0.25, -0.2) is 0 Å². The lowest BCUT2D eigenvalue weighted by Gasteiger charge is -2.16. The van der Waals surface area contributed by atoms with Crippen molar-refractivity contribution in [3.8, 4) is 0 Å². The molecule has 48 valence electrons. The maximum absolute atomic E-state index is 10.4. The second kappa shape index (κ2) is 3.97. The number of alkyl halides is 1. The molecule has 0 saturated carbocycles. The summed E-state index contributed by atoms with van der Waals surface area (Å²) in [6, 6.07) is 0. The number of hydrogen-bond donors (Lipinski definition) is 0. The molecule has 0 aliphatic rings. The Morgan fingerprint density at radius 3 is 2.25 bits per heavy atom. The van der Waals surface area contributed by atoms with E-state index in [1.165, 1.54) is 0 Å². The van der Waals surface area contributed by atoms with Gasteiger partial charge in [-0.05, 0) is 25.6 Å². The van der Waals surface area contributed by atoms with Crippen molar-refractivity contribution in [1.29, 1.82) is 0 Å². The summed E-state index contributed by atoms with van der Waals surface area (Å²) in [7, 11) is 4.45. The second-order valence-corrected chi connectivity index (χ2v) is 4.17. The van der Waals surface area contributed by atoms with Crippen LogP contribution in [-0.2, 0) is 0 Å². The summed E-state index contributed by atoms with van der Waals surface area (Å²) >= 11 is 2.15. The number of amides is 1. The number of rotatable bonds is 1. The van der Waals surface area contributed by atoms with Crippen molar-refractivity contribution in [2.75, 3.05) is 0 Å². The molecule has 0 aliphatic carbocycles. The Kier molecular flexibility index (Phi) is 4.50. The van der Waals surface area contributed by atoms with Crippen molar-refractivity contribution in [2.45, 2.75) is 11.0 Å². The SMILES string of the molecule is CC(I)N(P)C(=O)P. The molecular formula is C3H8INOP2. The zero-order valence-electron chi connectivity index (χ0n) is 4.47. The molecule has 0 heterocycles. The van der Waals surface area contributed by atoms with E-state index >= 15 is 0 Å². The van der Waals surface area contributed by atoms with E-state index in [-0.39, 0.29) is 9.70 Å². The third kappa shape index (κ3) is 3.16. The maximum Gasteiger partial charge on any atom is 0.241 e. The highest BCUT2D eigenvalue weighted by molar-refractivity contribution is 14.1. The highest BCUT2D eigenvalue weighted by Gasteiger charge is 2.05. The fraction of sp³-hybridized carbons (Fsp3) is 0.667. The van der Waals surface area contributed by atoms with E-state index < -0.39 is 0 Å². The van der Waals surface area contributed by atoms with Crippen molar-refractivity contribution < 1.29 is 4.79 Å². The Morgan fingerprint density at radius 2 is 2.25 bits per heavy atom. The summed E-state index contributed by atoms with van der Waals surface area (Å²) in [4.78, 5) is 10.4. The molecule has 0 N–H and O–H groups in total. The van der Waals surface area contributed by atoms with E-state index in [4.69, 9.17) is 0 Å². The van der Waals surface area contributed by atoms with Gasteiger partial charge < -0.3 is 4.67 Å². The van der Waals surface area contributed by atoms with Crippen LogP contribution in [0.5, 0.6) is 0 Å². The van der Waals surface area contributed by atoms with E-state index in [2.05, 4.69) is 41.2 Å². The standard InChI is InChI=1S/C3H8INOP2/c1-2(4)5(8)3(6)7/h2H,7-8H2,1H3. The topological polar surface area (TPSA) is 20.3 Å². The summed E-state index contributed by atoms with van der Waals surface area (Å²) < 4.78 is 1.80. The Hall–Kier alpha value is 1.06. The number of hydrogen-bond acceptors (Lipinski definition) is 1. The van der Waals surface area contributed by atoms with Crippen LogP contribution in [0.2, 0.25) is 0 Å². The molecule has 2 nitrogen and oxygen atoms in total. The van der Waals surface area contributed by atoms with Crippen LogP contribution in [0.1, 0.15) is 6.92 Å².